The lowest BCUT2D eigenvalue weighted by Crippen LogP contribution is -2.17. The number of rotatable bonds is 16. The Morgan fingerprint density at radius 2 is 1.00 bits per heavy atom. The Morgan fingerprint density at radius 1 is 0.667 bits per heavy atom. The second kappa shape index (κ2) is 17.9. The minimum absolute atomic E-state index is 0.208. The van der Waals surface area contributed by atoms with E-state index in [1.54, 1.807) is 0 Å². The molecule has 0 spiro atoms. The molecule has 0 rings (SSSR count). The Labute approximate surface area is 138 Å². The molecule has 1 N–H and O–H groups in total. The van der Waals surface area contributed by atoms with Crippen LogP contribution in [-0.2, 0) is 0 Å². The highest BCUT2D eigenvalue weighted by molar-refractivity contribution is 7.96. The number of thiol groups is 1. The summed E-state index contributed by atoms with van der Waals surface area (Å²) in [5.41, 5.74) is 0. The van der Waals surface area contributed by atoms with Crippen molar-refractivity contribution in [2.24, 2.45) is 0 Å². The molecule has 0 aromatic rings. The highest BCUT2D eigenvalue weighted by Crippen LogP contribution is 2.13. The number of nitrogens with one attached hydrogen (secondary N) is 1. The van der Waals surface area contributed by atoms with Gasteiger partial charge in [-0.3, -0.25) is 4.79 Å². The maximum Gasteiger partial charge on any atom is 0.275 e. The van der Waals surface area contributed by atoms with Gasteiger partial charge in [-0.15, -0.1) is 0 Å². The third-order valence-corrected chi connectivity index (χ3v) is 4.21. The quantitative estimate of drug-likeness (QED) is 0.247. The number of carbonyl (C=O) groups excluding carboxylic acids is 1. The van der Waals surface area contributed by atoms with E-state index in [4.69, 9.17) is 0 Å². The number of hydrogen-bond donors (Lipinski definition) is 2. The summed E-state index contributed by atoms with van der Waals surface area (Å²) < 4.78 is 0. The first kappa shape index (κ1) is 20.8. The summed E-state index contributed by atoms with van der Waals surface area (Å²) in [5, 5.41) is 2.51. The summed E-state index contributed by atoms with van der Waals surface area (Å²) in [4.78, 5) is 10.5. The van der Waals surface area contributed by atoms with Gasteiger partial charge in [0, 0.05) is 6.54 Å². The van der Waals surface area contributed by atoms with Gasteiger partial charge in [-0.2, -0.15) is 0 Å². The first-order chi connectivity index (χ1) is 10.3. The van der Waals surface area contributed by atoms with Crippen LogP contribution in [0.5, 0.6) is 0 Å². The molecule has 0 aliphatic carbocycles. The minimum Gasteiger partial charge on any atom is -0.347 e. The van der Waals surface area contributed by atoms with Crippen LogP contribution in [0.3, 0.4) is 0 Å². The average molecular weight is 316 g/mol. The molecule has 0 radical (unpaired) electrons. The molecule has 0 bridgehead atoms. The molecule has 2 nitrogen and oxygen atoms in total. The monoisotopic (exact) mass is 315 g/mol. The van der Waals surface area contributed by atoms with Crippen molar-refractivity contribution in [3.8, 4) is 0 Å². The van der Waals surface area contributed by atoms with Crippen molar-refractivity contribution in [3.63, 3.8) is 0 Å². The summed E-state index contributed by atoms with van der Waals surface area (Å²) in [6.07, 6.45) is 20.6. The second-order valence-corrected chi connectivity index (χ2v) is 6.59. The average Bonchev–Trinajstić information content (AvgIpc) is 2.46. The fourth-order valence-corrected chi connectivity index (χ4v) is 2.80. The molecular formula is C18H37NOS. The van der Waals surface area contributed by atoms with Gasteiger partial charge in [0.25, 0.3) is 5.24 Å². The molecule has 3 heteroatoms. The van der Waals surface area contributed by atoms with Gasteiger partial charge >= 0.3 is 0 Å². The predicted molar refractivity (Wildman–Crippen MR) is 97.3 cm³/mol. The van der Waals surface area contributed by atoms with E-state index in [9.17, 15) is 4.79 Å². The molecule has 0 aromatic heterocycles. The van der Waals surface area contributed by atoms with E-state index in [-0.39, 0.29) is 5.24 Å². The molecule has 126 valence electrons. The zero-order valence-corrected chi connectivity index (χ0v) is 15.1. The molecule has 1 amide bonds. The zero-order valence-electron chi connectivity index (χ0n) is 14.2. The maximum absolute atomic E-state index is 10.5. The molecule has 0 saturated carbocycles. The Balaban J connectivity index is 2.95. The van der Waals surface area contributed by atoms with Gasteiger partial charge in [0.05, 0.1) is 0 Å². The zero-order chi connectivity index (χ0) is 15.6. The topological polar surface area (TPSA) is 29.1 Å². The molecule has 0 aromatic carbocycles. The van der Waals surface area contributed by atoms with E-state index in [0.717, 1.165) is 13.0 Å². The number of carbonyl (C=O) groups is 1. The fraction of sp³-hybridized carbons (Fsp3) is 0.944. The lowest BCUT2D eigenvalue weighted by Gasteiger charge is -2.03. The standard InChI is InChI=1S/C18H37NOS/c1-2-3-4-5-6-7-8-9-10-11-12-13-14-15-16-17-19-18(20)21/h2-17H2,1H3,(H2,19,20,21). The number of unbranched alkanes of at least 4 members (excludes halogenated alkanes) is 14. The van der Waals surface area contributed by atoms with Gasteiger partial charge in [-0.25, -0.2) is 0 Å². The van der Waals surface area contributed by atoms with Crippen LogP contribution in [0, 0.1) is 0 Å². The van der Waals surface area contributed by atoms with Crippen LogP contribution < -0.4 is 5.32 Å². The summed E-state index contributed by atoms with van der Waals surface area (Å²) in [7, 11) is 0. The van der Waals surface area contributed by atoms with Gasteiger partial charge in [-0.1, -0.05) is 109 Å². The molecule has 21 heavy (non-hydrogen) atoms. The maximum atomic E-state index is 10.5. The van der Waals surface area contributed by atoms with Crippen molar-refractivity contribution in [3.05, 3.63) is 0 Å². The summed E-state index contributed by atoms with van der Waals surface area (Å²) in [6, 6.07) is 0. The van der Waals surface area contributed by atoms with Crippen molar-refractivity contribution in [1.29, 1.82) is 0 Å². The van der Waals surface area contributed by atoms with Crippen molar-refractivity contribution < 1.29 is 4.79 Å². The van der Waals surface area contributed by atoms with E-state index in [1.807, 2.05) is 0 Å². The van der Waals surface area contributed by atoms with Crippen LogP contribution in [-0.4, -0.2) is 11.8 Å². The Kier molecular flexibility index (Phi) is 17.7. The van der Waals surface area contributed by atoms with Gasteiger partial charge < -0.3 is 5.32 Å². The third kappa shape index (κ3) is 19.8. The highest BCUT2D eigenvalue weighted by Gasteiger charge is 1.95. The summed E-state index contributed by atoms with van der Waals surface area (Å²) in [6.45, 7) is 3.06. The van der Waals surface area contributed by atoms with Crippen molar-refractivity contribution in [1.82, 2.24) is 5.32 Å². The van der Waals surface area contributed by atoms with Gasteiger partial charge in [0.2, 0.25) is 0 Å². The number of hydrogen-bond acceptors (Lipinski definition) is 1. The largest absolute Gasteiger partial charge is 0.347 e. The van der Waals surface area contributed by atoms with Crippen LogP contribution >= 0.6 is 12.6 Å². The van der Waals surface area contributed by atoms with Gasteiger partial charge in [0.1, 0.15) is 0 Å². The van der Waals surface area contributed by atoms with Gasteiger partial charge in [-0.05, 0) is 6.42 Å². The van der Waals surface area contributed by atoms with Crippen molar-refractivity contribution in [2.75, 3.05) is 6.54 Å². The fourth-order valence-electron chi connectivity index (χ4n) is 2.69. The molecule has 0 atom stereocenters. The van der Waals surface area contributed by atoms with E-state index in [2.05, 4.69) is 24.9 Å². The van der Waals surface area contributed by atoms with E-state index in [0.29, 0.717) is 0 Å². The molecule has 0 aliphatic heterocycles. The molecule has 0 saturated heterocycles. The lowest BCUT2D eigenvalue weighted by atomic mass is 10.0. The Morgan fingerprint density at radius 3 is 1.33 bits per heavy atom. The first-order valence-electron chi connectivity index (χ1n) is 9.24. The van der Waals surface area contributed by atoms with Crippen LogP contribution in [0.15, 0.2) is 0 Å². The van der Waals surface area contributed by atoms with Crippen LogP contribution in [0.2, 0.25) is 0 Å². The molecule has 0 aliphatic rings. The molecule has 0 fully saturated rings. The van der Waals surface area contributed by atoms with Crippen molar-refractivity contribution in [2.45, 2.75) is 103 Å². The Hall–Kier alpha value is -0.180. The normalized spacial score (nSPS) is 10.8. The molecular weight excluding hydrogens is 278 g/mol. The first-order valence-corrected chi connectivity index (χ1v) is 9.69. The third-order valence-electron chi connectivity index (χ3n) is 4.06. The molecule has 0 unspecified atom stereocenters. The van der Waals surface area contributed by atoms with Crippen LogP contribution in [0.4, 0.5) is 4.79 Å². The summed E-state index contributed by atoms with van der Waals surface area (Å²) in [5.74, 6) is 0. The van der Waals surface area contributed by atoms with E-state index >= 15 is 0 Å². The van der Waals surface area contributed by atoms with Gasteiger partial charge in [0.15, 0.2) is 0 Å². The van der Waals surface area contributed by atoms with Crippen LogP contribution in [0.1, 0.15) is 103 Å². The van der Waals surface area contributed by atoms with Crippen LogP contribution in [0.25, 0.3) is 0 Å². The van der Waals surface area contributed by atoms with Crippen molar-refractivity contribution >= 4 is 17.9 Å². The number of amides is 1. The Bertz CT molecular complexity index is 221. The molecule has 0 heterocycles. The van der Waals surface area contributed by atoms with E-state index < -0.39 is 0 Å². The lowest BCUT2D eigenvalue weighted by molar-refractivity contribution is 0.261. The second-order valence-electron chi connectivity index (χ2n) is 6.18. The van der Waals surface area contributed by atoms with E-state index in [1.165, 1.54) is 89.9 Å². The SMILES string of the molecule is CCCCCCCCCCCCCCCCCNC(=O)S. The minimum atomic E-state index is -0.208. The smallest absolute Gasteiger partial charge is 0.275 e. The highest BCUT2D eigenvalue weighted by atomic mass is 32.1. The predicted octanol–water partition coefficient (Wildman–Crippen LogP) is 6.50. The summed E-state index contributed by atoms with van der Waals surface area (Å²) >= 11 is 3.68.